The van der Waals surface area contributed by atoms with Crippen LogP contribution in [0.2, 0.25) is 0 Å². The maximum absolute atomic E-state index is 12.4. The summed E-state index contributed by atoms with van der Waals surface area (Å²) < 4.78 is 26.8. The molecule has 0 spiro atoms. The van der Waals surface area contributed by atoms with Gasteiger partial charge in [-0.1, -0.05) is 0 Å². The molecule has 8 heteroatoms. The predicted octanol–water partition coefficient (Wildman–Crippen LogP) is 2.06. The Morgan fingerprint density at radius 3 is 2.61 bits per heavy atom. The van der Waals surface area contributed by atoms with Crippen LogP contribution < -0.4 is 0 Å². The Morgan fingerprint density at radius 2 is 2.22 bits per heavy atom. The van der Waals surface area contributed by atoms with Gasteiger partial charge in [0.05, 0.1) is 3.79 Å². The number of aryl methyl sites for hydroxylation is 1. The number of hydrogen-bond acceptors (Lipinski definition) is 4. The highest BCUT2D eigenvalue weighted by atomic mass is 79.9. The van der Waals surface area contributed by atoms with Crippen molar-refractivity contribution in [2.75, 3.05) is 6.54 Å². The lowest BCUT2D eigenvalue weighted by molar-refractivity contribution is -0.137. The summed E-state index contributed by atoms with van der Waals surface area (Å²) in [5, 5.41) is 8.82. The Hall–Kier alpha value is -0.440. The molecule has 2 rings (SSSR count). The van der Waals surface area contributed by atoms with Gasteiger partial charge < -0.3 is 5.11 Å². The zero-order chi connectivity index (χ0) is 13.5. The molecular formula is C10H12BrNO4S2. The molecule has 18 heavy (non-hydrogen) atoms. The highest BCUT2D eigenvalue weighted by molar-refractivity contribution is 9.11. The summed E-state index contributed by atoms with van der Waals surface area (Å²) in [5.41, 5.74) is 0.838. The Labute approximate surface area is 118 Å². The minimum Gasteiger partial charge on any atom is -0.480 e. The normalized spacial score (nSPS) is 16.2. The zero-order valence-corrected chi connectivity index (χ0v) is 12.8. The molecule has 0 aromatic carbocycles. The summed E-state index contributed by atoms with van der Waals surface area (Å²) in [6.07, 6.45) is 1.47. The molecule has 1 saturated carbocycles. The van der Waals surface area contributed by atoms with Crippen LogP contribution >= 0.6 is 27.3 Å². The molecule has 0 saturated heterocycles. The van der Waals surface area contributed by atoms with Crippen LogP contribution in [0.25, 0.3) is 0 Å². The summed E-state index contributed by atoms with van der Waals surface area (Å²) >= 11 is 4.40. The van der Waals surface area contributed by atoms with Gasteiger partial charge >= 0.3 is 5.97 Å². The number of nitrogens with zero attached hydrogens (tertiary/aromatic N) is 1. The van der Waals surface area contributed by atoms with Crippen LogP contribution in [0.3, 0.4) is 0 Å². The summed E-state index contributed by atoms with van der Waals surface area (Å²) in [6, 6.07) is 1.41. The minimum atomic E-state index is -3.69. The Balaban J connectivity index is 2.35. The van der Waals surface area contributed by atoms with Crippen LogP contribution in [0.4, 0.5) is 0 Å². The second kappa shape index (κ2) is 4.92. The lowest BCUT2D eigenvalue weighted by atomic mass is 10.4. The average Bonchev–Trinajstić information content (AvgIpc) is 3.02. The Kier molecular flexibility index (Phi) is 3.82. The maximum Gasteiger partial charge on any atom is 0.318 e. The van der Waals surface area contributed by atoms with E-state index < -0.39 is 22.5 Å². The average molecular weight is 354 g/mol. The van der Waals surface area contributed by atoms with Crippen molar-refractivity contribution in [2.45, 2.75) is 30.0 Å². The number of carbonyl (C=O) groups is 1. The van der Waals surface area contributed by atoms with Crippen LogP contribution in [-0.2, 0) is 14.8 Å². The first-order valence-electron chi connectivity index (χ1n) is 5.32. The maximum atomic E-state index is 12.4. The van der Waals surface area contributed by atoms with E-state index in [4.69, 9.17) is 5.11 Å². The quantitative estimate of drug-likeness (QED) is 0.878. The lowest BCUT2D eigenvalue weighted by Gasteiger charge is -2.18. The van der Waals surface area contributed by atoms with Crippen LogP contribution in [0.15, 0.2) is 14.1 Å². The second-order valence-electron chi connectivity index (χ2n) is 4.20. The third kappa shape index (κ3) is 2.76. The highest BCUT2D eigenvalue weighted by Gasteiger charge is 2.40. The first-order chi connectivity index (χ1) is 8.32. The number of hydrogen-bond donors (Lipinski definition) is 1. The predicted molar refractivity (Wildman–Crippen MR) is 71.3 cm³/mol. The van der Waals surface area contributed by atoms with Gasteiger partial charge in [0.25, 0.3) is 10.0 Å². The first-order valence-corrected chi connectivity index (χ1v) is 8.37. The molecule has 0 radical (unpaired) electrons. The topological polar surface area (TPSA) is 74.7 Å². The van der Waals surface area contributed by atoms with Gasteiger partial charge in [-0.2, -0.15) is 4.31 Å². The molecule has 1 aromatic heterocycles. The summed E-state index contributed by atoms with van der Waals surface area (Å²) in [7, 11) is -3.69. The van der Waals surface area contributed by atoms with Crippen LogP contribution in [0.5, 0.6) is 0 Å². The molecular weight excluding hydrogens is 342 g/mol. The van der Waals surface area contributed by atoms with Gasteiger partial charge in [-0.3, -0.25) is 4.79 Å². The van der Waals surface area contributed by atoms with Gasteiger partial charge in [-0.15, -0.1) is 11.3 Å². The van der Waals surface area contributed by atoms with E-state index >= 15 is 0 Å². The first kappa shape index (κ1) is 14.0. The van der Waals surface area contributed by atoms with Crippen molar-refractivity contribution < 1.29 is 18.3 Å². The van der Waals surface area contributed by atoms with Crippen molar-refractivity contribution in [3.63, 3.8) is 0 Å². The molecule has 100 valence electrons. The number of sulfonamides is 1. The fourth-order valence-corrected chi connectivity index (χ4v) is 5.57. The second-order valence-corrected chi connectivity index (χ2v) is 8.68. The van der Waals surface area contributed by atoms with Crippen molar-refractivity contribution in [3.8, 4) is 0 Å². The fraction of sp³-hybridized carbons (Fsp3) is 0.500. The molecule has 1 fully saturated rings. The number of carboxylic acids is 1. The van der Waals surface area contributed by atoms with E-state index in [1.54, 1.807) is 13.0 Å². The van der Waals surface area contributed by atoms with E-state index in [0.29, 0.717) is 0 Å². The minimum absolute atomic E-state index is 0.160. The van der Waals surface area contributed by atoms with E-state index in [2.05, 4.69) is 15.9 Å². The van der Waals surface area contributed by atoms with E-state index in [9.17, 15) is 13.2 Å². The van der Waals surface area contributed by atoms with E-state index in [1.807, 2.05) is 0 Å². The van der Waals surface area contributed by atoms with Gasteiger partial charge in [0, 0.05) is 6.04 Å². The van der Waals surface area contributed by atoms with Crippen LogP contribution in [-0.4, -0.2) is 36.4 Å². The Bertz CT molecular complexity index is 557. The zero-order valence-electron chi connectivity index (χ0n) is 9.59. The largest absolute Gasteiger partial charge is 0.480 e. The molecule has 1 N–H and O–H groups in total. The molecule has 0 unspecified atom stereocenters. The van der Waals surface area contributed by atoms with Crippen molar-refractivity contribution in [1.82, 2.24) is 4.31 Å². The van der Waals surface area contributed by atoms with Gasteiger partial charge in [0.1, 0.15) is 10.8 Å². The molecule has 1 aliphatic rings. The summed E-state index contributed by atoms with van der Waals surface area (Å²) in [6.45, 7) is 1.33. The number of aliphatic carboxylic acids is 1. The molecule has 0 amide bonds. The molecule has 0 aliphatic heterocycles. The van der Waals surface area contributed by atoms with Crippen LogP contribution in [0, 0.1) is 6.92 Å². The molecule has 1 aliphatic carbocycles. The standard InChI is InChI=1S/C10H12BrNO4S2/c1-6-4-9(17-10(6)11)18(15,16)12(5-8(13)14)7-2-3-7/h4,7H,2-3,5H2,1H3,(H,13,14). The number of carboxylic acid groups (broad SMARTS) is 1. The van der Waals surface area contributed by atoms with Crippen molar-refractivity contribution >= 4 is 43.3 Å². The van der Waals surface area contributed by atoms with E-state index in [-0.39, 0.29) is 10.3 Å². The van der Waals surface area contributed by atoms with Gasteiger partial charge in [-0.05, 0) is 47.3 Å². The highest BCUT2D eigenvalue weighted by Crippen LogP contribution is 2.36. The van der Waals surface area contributed by atoms with Gasteiger partial charge in [0.2, 0.25) is 0 Å². The third-order valence-electron chi connectivity index (χ3n) is 2.64. The Morgan fingerprint density at radius 1 is 1.61 bits per heavy atom. The number of halogens is 1. The van der Waals surface area contributed by atoms with Crippen LogP contribution in [0.1, 0.15) is 18.4 Å². The molecule has 1 heterocycles. The van der Waals surface area contributed by atoms with E-state index in [0.717, 1.165) is 37.8 Å². The smallest absolute Gasteiger partial charge is 0.318 e. The lowest BCUT2D eigenvalue weighted by Crippen LogP contribution is -2.37. The monoisotopic (exact) mass is 353 g/mol. The molecule has 0 bridgehead atoms. The van der Waals surface area contributed by atoms with Crippen molar-refractivity contribution in [3.05, 3.63) is 15.4 Å². The third-order valence-corrected chi connectivity index (χ3v) is 7.13. The molecule has 1 aromatic rings. The molecule has 5 nitrogen and oxygen atoms in total. The van der Waals surface area contributed by atoms with Gasteiger partial charge in [0.15, 0.2) is 0 Å². The summed E-state index contributed by atoms with van der Waals surface area (Å²) in [4.78, 5) is 10.8. The number of rotatable bonds is 5. The van der Waals surface area contributed by atoms with Gasteiger partial charge in [-0.25, -0.2) is 8.42 Å². The number of thiophene rings is 1. The van der Waals surface area contributed by atoms with Crippen molar-refractivity contribution in [2.24, 2.45) is 0 Å². The van der Waals surface area contributed by atoms with E-state index in [1.165, 1.54) is 0 Å². The fourth-order valence-electron chi connectivity index (χ4n) is 1.58. The van der Waals surface area contributed by atoms with Crippen molar-refractivity contribution in [1.29, 1.82) is 0 Å². The molecule has 0 atom stereocenters. The summed E-state index contributed by atoms with van der Waals surface area (Å²) in [5.74, 6) is -1.13. The SMILES string of the molecule is Cc1cc(S(=O)(=O)N(CC(=O)O)C2CC2)sc1Br.